The van der Waals surface area contributed by atoms with Gasteiger partial charge in [-0.3, -0.25) is 0 Å². The number of nitrogens with one attached hydrogen (secondary N) is 2. The minimum atomic E-state index is -0.290. The monoisotopic (exact) mass is 344 g/mol. The van der Waals surface area contributed by atoms with Gasteiger partial charge in [-0.1, -0.05) is 29.8 Å². The van der Waals surface area contributed by atoms with Crippen molar-refractivity contribution in [1.82, 2.24) is 5.32 Å². The van der Waals surface area contributed by atoms with Crippen molar-refractivity contribution in [2.24, 2.45) is 0 Å². The Morgan fingerprint density at radius 3 is 2.08 bits per heavy atom. The number of carbonyl (C=O) groups is 1. The van der Waals surface area contributed by atoms with Crippen molar-refractivity contribution in [2.45, 2.75) is 13.3 Å². The summed E-state index contributed by atoms with van der Waals surface area (Å²) in [4.78, 5) is 12.1. The molecular formula is C19H24N2O4. The number of methoxy groups -OCH3 is 3. The fourth-order valence-electron chi connectivity index (χ4n) is 2.40. The average Bonchev–Trinajstić information content (AvgIpc) is 2.62. The van der Waals surface area contributed by atoms with Crippen LogP contribution >= 0.6 is 0 Å². The van der Waals surface area contributed by atoms with Crippen molar-refractivity contribution >= 4 is 11.7 Å². The maximum atomic E-state index is 12.1. The van der Waals surface area contributed by atoms with Gasteiger partial charge in [0.25, 0.3) is 0 Å². The molecule has 2 rings (SSSR count). The summed E-state index contributed by atoms with van der Waals surface area (Å²) in [6, 6.07) is 11.3. The van der Waals surface area contributed by atoms with Crippen LogP contribution in [0.3, 0.4) is 0 Å². The molecule has 0 bridgehead atoms. The maximum Gasteiger partial charge on any atom is 0.319 e. The molecule has 0 aliphatic rings. The highest BCUT2D eigenvalue weighted by Crippen LogP contribution is 2.39. The number of ether oxygens (including phenoxy) is 3. The first kappa shape index (κ1) is 18.4. The van der Waals surface area contributed by atoms with Crippen LogP contribution in [0.2, 0.25) is 0 Å². The molecule has 0 saturated carbocycles. The predicted octanol–water partition coefficient (Wildman–Crippen LogP) is 3.39. The van der Waals surface area contributed by atoms with Crippen LogP contribution in [-0.4, -0.2) is 33.9 Å². The standard InChI is InChI=1S/C19H24N2O4/c1-13-5-7-14(8-6-13)9-10-20-19(22)21-15-11-16(23-2)18(25-4)17(12-15)24-3/h5-8,11-12H,9-10H2,1-4H3,(H2,20,21,22). The second-order valence-corrected chi connectivity index (χ2v) is 5.53. The van der Waals surface area contributed by atoms with Crippen molar-refractivity contribution in [3.8, 4) is 17.2 Å². The number of aryl methyl sites for hydroxylation is 1. The van der Waals surface area contributed by atoms with Crippen LogP contribution in [0, 0.1) is 6.92 Å². The van der Waals surface area contributed by atoms with Crippen LogP contribution in [0.4, 0.5) is 10.5 Å². The van der Waals surface area contributed by atoms with E-state index in [9.17, 15) is 4.79 Å². The molecule has 0 heterocycles. The lowest BCUT2D eigenvalue weighted by molar-refractivity contribution is 0.252. The van der Waals surface area contributed by atoms with Gasteiger partial charge >= 0.3 is 6.03 Å². The molecule has 6 nitrogen and oxygen atoms in total. The van der Waals surface area contributed by atoms with E-state index >= 15 is 0 Å². The van der Waals surface area contributed by atoms with Gasteiger partial charge in [-0.05, 0) is 18.9 Å². The predicted molar refractivity (Wildman–Crippen MR) is 98.0 cm³/mol. The number of anilines is 1. The van der Waals surface area contributed by atoms with Gasteiger partial charge in [0.05, 0.1) is 27.0 Å². The Morgan fingerprint density at radius 2 is 1.56 bits per heavy atom. The Morgan fingerprint density at radius 1 is 0.960 bits per heavy atom. The van der Waals surface area contributed by atoms with Gasteiger partial charge in [0.2, 0.25) is 5.75 Å². The first-order chi connectivity index (χ1) is 12.1. The third kappa shape index (κ3) is 5.04. The highest BCUT2D eigenvalue weighted by molar-refractivity contribution is 5.90. The van der Waals surface area contributed by atoms with E-state index in [0.717, 1.165) is 6.42 Å². The van der Waals surface area contributed by atoms with Crippen molar-refractivity contribution in [3.05, 3.63) is 47.5 Å². The first-order valence-corrected chi connectivity index (χ1v) is 7.97. The number of benzene rings is 2. The lowest BCUT2D eigenvalue weighted by Crippen LogP contribution is -2.30. The van der Waals surface area contributed by atoms with E-state index in [1.807, 2.05) is 6.92 Å². The average molecular weight is 344 g/mol. The van der Waals surface area contributed by atoms with Crippen LogP contribution in [-0.2, 0) is 6.42 Å². The molecule has 0 atom stereocenters. The molecule has 2 aromatic carbocycles. The van der Waals surface area contributed by atoms with E-state index in [0.29, 0.717) is 29.5 Å². The Balaban J connectivity index is 1.94. The van der Waals surface area contributed by atoms with E-state index in [2.05, 4.69) is 34.9 Å². The molecule has 134 valence electrons. The molecule has 0 aliphatic heterocycles. The summed E-state index contributed by atoms with van der Waals surface area (Å²) in [6.45, 7) is 2.59. The molecule has 0 unspecified atom stereocenters. The molecule has 2 amide bonds. The molecule has 2 N–H and O–H groups in total. The van der Waals surface area contributed by atoms with Crippen LogP contribution in [0.5, 0.6) is 17.2 Å². The topological polar surface area (TPSA) is 68.8 Å². The van der Waals surface area contributed by atoms with Crippen molar-refractivity contribution in [2.75, 3.05) is 33.2 Å². The molecule has 6 heteroatoms. The van der Waals surface area contributed by atoms with Gasteiger partial charge in [-0.15, -0.1) is 0 Å². The number of urea groups is 1. The number of hydrogen-bond acceptors (Lipinski definition) is 4. The molecule has 0 aromatic heterocycles. The zero-order valence-electron chi connectivity index (χ0n) is 15.0. The first-order valence-electron chi connectivity index (χ1n) is 7.97. The summed E-state index contributed by atoms with van der Waals surface area (Å²) in [5.74, 6) is 1.45. The minimum Gasteiger partial charge on any atom is -0.493 e. The lowest BCUT2D eigenvalue weighted by atomic mass is 10.1. The summed E-state index contributed by atoms with van der Waals surface area (Å²) in [5.41, 5.74) is 2.96. The van der Waals surface area contributed by atoms with Crippen molar-refractivity contribution < 1.29 is 19.0 Å². The number of carbonyl (C=O) groups excluding carboxylic acids is 1. The second-order valence-electron chi connectivity index (χ2n) is 5.53. The molecule has 0 radical (unpaired) electrons. The van der Waals surface area contributed by atoms with Crippen LogP contribution < -0.4 is 24.8 Å². The third-order valence-electron chi connectivity index (χ3n) is 3.74. The molecule has 0 spiro atoms. The highest BCUT2D eigenvalue weighted by Gasteiger charge is 2.14. The minimum absolute atomic E-state index is 0.290. The molecule has 0 fully saturated rings. The van der Waals surface area contributed by atoms with Gasteiger partial charge in [-0.2, -0.15) is 0 Å². The molecule has 0 aliphatic carbocycles. The molecular weight excluding hydrogens is 320 g/mol. The number of hydrogen-bond donors (Lipinski definition) is 2. The normalized spacial score (nSPS) is 10.1. The van der Waals surface area contributed by atoms with E-state index in [1.165, 1.54) is 32.5 Å². The van der Waals surface area contributed by atoms with Gasteiger partial charge in [-0.25, -0.2) is 4.79 Å². The largest absolute Gasteiger partial charge is 0.493 e. The Hall–Kier alpha value is -2.89. The quantitative estimate of drug-likeness (QED) is 0.808. The fraction of sp³-hybridized carbons (Fsp3) is 0.316. The van der Waals surface area contributed by atoms with Crippen LogP contribution in [0.1, 0.15) is 11.1 Å². The lowest BCUT2D eigenvalue weighted by Gasteiger charge is -2.15. The van der Waals surface area contributed by atoms with Gasteiger partial charge in [0.1, 0.15) is 0 Å². The second kappa shape index (κ2) is 8.82. The maximum absolute atomic E-state index is 12.1. The third-order valence-corrected chi connectivity index (χ3v) is 3.74. The van der Waals surface area contributed by atoms with E-state index < -0.39 is 0 Å². The van der Waals surface area contributed by atoms with Crippen LogP contribution in [0.25, 0.3) is 0 Å². The van der Waals surface area contributed by atoms with Crippen LogP contribution in [0.15, 0.2) is 36.4 Å². The Labute approximate surface area is 148 Å². The Kier molecular flexibility index (Phi) is 6.51. The highest BCUT2D eigenvalue weighted by atomic mass is 16.5. The summed E-state index contributed by atoms with van der Waals surface area (Å²) in [5, 5.41) is 5.61. The van der Waals surface area contributed by atoms with Gasteiger partial charge in [0, 0.05) is 18.7 Å². The molecule has 2 aromatic rings. The zero-order chi connectivity index (χ0) is 18.2. The fourth-order valence-corrected chi connectivity index (χ4v) is 2.40. The SMILES string of the molecule is COc1cc(NC(=O)NCCc2ccc(C)cc2)cc(OC)c1OC. The van der Waals surface area contributed by atoms with Gasteiger partial charge < -0.3 is 24.8 Å². The molecule has 0 saturated heterocycles. The summed E-state index contributed by atoms with van der Waals surface area (Å²) < 4.78 is 15.8. The summed E-state index contributed by atoms with van der Waals surface area (Å²) in [7, 11) is 4.59. The van der Waals surface area contributed by atoms with E-state index in [1.54, 1.807) is 12.1 Å². The van der Waals surface area contributed by atoms with E-state index in [-0.39, 0.29) is 6.03 Å². The summed E-state index contributed by atoms with van der Waals surface area (Å²) in [6.07, 6.45) is 0.767. The smallest absolute Gasteiger partial charge is 0.319 e. The zero-order valence-corrected chi connectivity index (χ0v) is 15.0. The number of rotatable bonds is 7. The van der Waals surface area contributed by atoms with E-state index in [4.69, 9.17) is 14.2 Å². The summed E-state index contributed by atoms with van der Waals surface area (Å²) >= 11 is 0. The molecule has 25 heavy (non-hydrogen) atoms. The van der Waals surface area contributed by atoms with Crippen molar-refractivity contribution in [1.29, 1.82) is 0 Å². The van der Waals surface area contributed by atoms with Gasteiger partial charge in [0.15, 0.2) is 11.5 Å². The van der Waals surface area contributed by atoms with Crippen molar-refractivity contribution in [3.63, 3.8) is 0 Å². The Bertz CT molecular complexity index is 689. The number of amides is 2.